The van der Waals surface area contributed by atoms with Gasteiger partial charge in [-0.25, -0.2) is 0 Å². The zero-order valence-electron chi connectivity index (χ0n) is 26.0. The Hall–Kier alpha value is -5.43. The van der Waals surface area contributed by atoms with Gasteiger partial charge in [0.05, 0.1) is 5.41 Å². The van der Waals surface area contributed by atoms with E-state index in [9.17, 15) is 0 Å². The Balaban J connectivity index is 1.34. The zero-order chi connectivity index (χ0) is 31.8. The molecule has 1 heterocycles. The van der Waals surface area contributed by atoms with Gasteiger partial charge in [-0.3, -0.25) is 0 Å². The fourth-order valence-corrected chi connectivity index (χ4v) is 11.0. The molecule has 47 heavy (non-hydrogen) atoms. The van der Waals surface area contributed by atoms with Crippen molar-refractivity contribution in [2.45, 2.75) is 12.3 Å². The highest BCUT2D eigenvalue weighted by molar-refractivity contribution is 7.82. The molecule has 1 unspecified atom stereocenters. The number of allylic oxidation sites excluding steroid dienone is 5. The largest absolute Gasteiger partial charge is 0.455 e. The molecule has 7 aromatic rings. The number of hydrogen-bond donors (Lipinski definition) is 0. The molecule has 0 N–H and O–H groups in total. The van der Waals surface area contributed by atoms with Gasteiger partial charge in [-0.05, 0) is 64.1 Å². The maximum atomic E-state index is 15.4. The van der Waals surface area contributed by atoms with Gasteiger partial charge in [0.2, 0.25) is 0 Å². The van der Waals surface area contributed by atoms with Crippen LogP contribution in [0.5, 0.6) is 0 Å². The summed E-state index contributed by atoms with van der Waals surface area (Å²) in [4.78, 5) is 0. The Morgan fingerprint density at radius 2 is 1.28 bits per heavy atom. The molecule has 6 aromatic carbocycles. The lowest BCUT2D eigenvalue weighted by atomic mass is 9.70. The van der Waals surface area contributed by atoms with Crippen LogP contribution in [-0.4, -0.2) is 0 Å². The molecule has 2 nitrogen and oxygen atoms in total. The summed E-state index contributed by atoms with van der Waals surface area (Å²) in [7, 11) is -3.23. The van der Waals surface area contributed by atoms with Gasteiger partial charge in [-0.2, -0.15) is 0 Å². The highest BCUT2D eigenvalue weighted by atomic mass is 31.2. The van der Waals surface area contributed by atoms with Gasteiger partial charge in [-0.15, -0.1) is 0 Å². The Morgan fingerprint density at radius 1 is 0.660 bits per heavy atom. The number of rotatable bonds is 5. The minimum absolute atomic E-state index is 0.433. The molecular formula is C44H31O2P. The standard InChI is InChI=1S/C44H31O2P/c1-3-14-29(15-4-2)47(45,30-16-6-5-7-17-30)31-24-27-41-36(28-31)34-25-26-40-42(43(34)46-41)35-20-10-13-23-39(35)44(40)37-21-11-8-18-32(37)33-19-9-12-22-38(33)44/h3-28H,1H2,2H3/b15-4-,29-14+. The zero-order valence-corrected chi connectivity index (χ0v) is 26.9. The summed E-state index contributed by atoms with van der Waals surface area (Å²) >= 11 is 0. The van der Waals surface area contributed by atoms with Crippen LogP contribution in [0, 0.1) is 0 Å². The van der Waals surface area contributed by atoms with Crippen molar-refractivity contribution in [3.05, 3.63) is 192 Å². The first kappa shape index (κ1) is 27.8. The van der Waals surface area contributed by atoms with Crippen LogP contribution in [0.2, 0.25) is 0 Å². The summed E-state index contributed by atoms with van der Waals surface area (Å²) in [5.74, 6) is 0. The average Bonchev–Trinajstić information content (AvgIpc) is 3.75. The minimum Gasteiger partial charge on any atom is -0.455 e. The summed E-state index contributed by atoms with van der Waals surface area (Å²) in [5.41, 5.74) is 11.2. The van der Waals surface area contributed by atoms with Crippen LogP contribution in [0.4, 0.5) is 0 Å². The van der Waals surface area contributed by atoms with Gasteiger partial charge in [0.25, 0.3) is 0 Å². The molecule has 1 atom stereocenters. The molecule has 0 bridgehead atoms. The van der Waals surface area contributed by atoms with E-state index in [1.165, 1.54) is 38.9 Å². The van der Waals surface area contributed by atoms with E-state index >= 15 is 4.57 Å². The lowest BCUT2D eigenvalue weighted by molar-refractivity contribution is 0.591. The monoisotopic (exact) mass is 622 g/mol. The first-order valence-electron chi connectivity index (χ1n) is 16.0. The minimum atomic E-state index is -3.23. The van der Waals surface area contributed by atoms with E-state index < -0.39 is 12.6 Å². The van der Waals surface area contributed by atoms with Crippen molar-refractivity contribution >= 4 is 39.7 Å². The molecule has 0 saturated carbocycles. The van der Waals surface area contributed by atoms with Crippen LogP contribution in [0.1, 0.15) is 29.2 Å². The summed E-state index contributed by atoms with van der Waals surface area (Å²) in [6.07, 6.45) is 7.46. The van der Waals surface area contributed by atoms with Crippen LogP contribution in [0.15, 0.2) is 174 Å². The molecule has 1 aromatic heterocycles. The predicted molar refractivity (Wildman–Crippen MR) is 196 cm³/mol. The highest BCUT2D eigenvalue weighted by Gasteiger charge is 2.52. The first-order valence-corrected chi connectivity index (χ1v) is 17.7. The molecule has 2 aliphatic carbocycles. The maximum absolute atomic E-state index is 15.4. The quantitative estimate of drug-likeness (QED) is 0.141. The van der Waals surface area contributed by atoms with Gasteiger partial charge >= 0.3 is 0 Å². The van der Waals surface area contributed by atoms with Crippen molar-refractivity contribution in [3.8, 4) is 22.3 Å². The summed E-state index contributed by atoms with van der Waals surface area (Å²) in [5, 5.41) is 4.27. The second-order valence-electron chi connectivity index (χ2n) is 12.3. The van der Waals surface area contributed by atoms with Gasteiger partial charge in [0, 0.05) is 32.3 Å². The first-order chi connectivity index (χ1) is 23.1. The fraction of sp³-hybridized carbons (Fsp3) is 0.0455. The highest BCUT2D eigenvalue weighted by Crippen LogP contribution is 2.64. The normalized spacial score (nSPS) is 15.5. The van der Waals surface area contributed by atoms with E-state index in [0.29, 0.717) is 0 Å². The van der Waals surface area contributed by atoms with Crippen molar-refractivity contribution < 1.29 is 8.98 Å². The van der Waals surface area contributed by atoms with E-state index in [1.54, 1.807) is 6.08 Å². The third kappa shape index (κ3) is 3.59. The number of hydrogen-bond acceptors (Lipinski definition) is 2. The van der Waals surface area contributed by atoms with Crippen LogP contribution in [-0.2, 0) is 9.98 Å². The van der Waals surface area contributed by atoms with Gasteiger partial charge in [0.1, 0.15) is 11.2 Å². The second kappa shape index (κ2) is 10.3. The number of benzene rings is 6. The molecule has 224 valence electrons. The third-order valence-corrected chi connectivity index (χ3v) is 13.1. The van der Waals surface area contributed by atoms with E-state index in [0.717, 1.165) is 43.4 Å². The maximum Gasteiger partial charge on any atom is 0.171 e. The number of furan rings is 1. The molecule has 3 heteroatoms. The van der Waals surface area contributed by atoms with Crippen LogP contribution in [0.3, 0.4) is 0 Å². The second-order valence-corrected chi connectivity index (χ2v) is 15.1. The topological polar surface area (TPSA) is 30.2 Å². The van der Waals surface area contributed by atoms with Crippen molar-refractivity contribution in [2.24, 2.45) is 0 Å². The van der Waals surface area contributed by atoms with Gasteiger partial charge in [0.15, 0.2) is 7.14 Å². The molecule has 0 fully saturated rings. The van der Waals surface area contributed by atoms with Crippen molar-refractivity contribution in [2.75, 3.05) is 0 Å². The Morgan fingerprint density at radius 3 is 1.94 bits per heavy atom. The van der Waals surface area contributed by atoms with Gasteiger partial charge in [-0.1, -0.05) is 146 Å². The molecule has 0 saturated heterocycles. The van der Waals surface area contributed by atoms with E-state index in [2.05, 4.69) is 97.6 Å². The van der Waals surface area contributed by atoms with E-state index in [-0.39, 0.29) is 0 Å². The predicted octanol–water partition coefficient (Wildman–Crippen LogP) is 10.9. The lowest BCUT2D eigenvalue weighted by Crippen LogP contribution is -2.25. The summed E-state index contributed by atoms with van der Waals surface area (Å²) < 4.78 is 22.2. The molecule has 1 spiro atoms. The lowest BCUT2D eigenvalue weighted by Gasteiger charge is -2.30. The molecule has 0 aliphatic heterocycles. The molecular weight excluding hydrogens is 591 g/mol. The van der Waals surface area contributed by atoms with E-state index in [1.807, 2.05) is 67.6 Å². The van der Waals surface area contributed by atoms with Gasteiger partial charge < -0.3 is 8.98 Å². The Kier molecular flexibility index (Phi) is 6.10. The third-order valence-electron chi connectivity index (χ3n) is 10.1. The Labute approximate surface area is 274 Å². The van der Waals surface area contributed by atoms with Crippen LogP contribution >= 0.6 is 7.14 Å². The van der Waals surface area contributed by atoms with Crippen molar-refractivity contribution in [1.29, 1.82) is 0 Å². The molecule has 2 aliphatic rings. The fourth-order valence-electron chi connectivity index (χ4n) is 8.23. The molecule has 0 radical (unpaired) electrons. The summed E-state index contributed by atoms with van der Waals surface area (Å²) in [6.45, 7) is 5.88. The van der Waals surface area contributed by atoms with Crippen molar-refractivity contribution in [1.82, 2.24) is 0 Å². The van der Waals surface area contributed by atoms with Crippen LogP contribution < -0.4 is 10.6 Å². The smallest absolute Gasteiger partial charge is 0.171 e. The van der Waals surface area contributed by atoms with Crippen molar-refractivity contribution in [3.63, 3.8) is 0 Å². The van der Waals surface area contributed by atoms with E-state index in [4.69, 9.17) is 4.42 Å². The average molecular weight is 623 g/mol. The molecule has 9 rings (SSSR count). The molecule has 0 amide bonds. The summed E-state index contributed by atoms with van der Waals surface area (Å²) in [6, 6.07) is 46.8. The Bertz CT molecular complexity index is 2480. The number of fused-ring (bicyclic) bond motifs is 14. The SMILES string of the molecule is C=C/C=C(\C=C/C)P(=O)(c1ccccc1)c1ccc2oc3c4c(ccc3c2c1)C1(c2ccccc2-c2ccccc21)c1ccccc1-4. The van der Waals surface area contributed by atoms with Crippen LogP contribution in [0.25, 0.3) is 44.2 Å².